The molecule has 1 aromatic carbocycles. The van der Waals surface area contributed by atoms with Crippen LogP contribution in [0.1, 0.15) is 45.2 Å². The van der Waals surface area contributed by atoms with Crippen LogP contribution in [0.2, 0.25) is 0 Å². The molecule has 0 amide bonds. The van der Waals surface area contributed by atoms with Crippen LogP contribution in [-0.2, 0) is 0 Å². The molecule has 0 heterocycles. The molecular formula is C17H26N2O2. The third-order valence-electron chi connectivity index (χ3n) is 3.58. The Morgan fingerprint density at radius 2 is 2.00 bits per heavy atom. The molecule has 0 saturated carbocycles. The minimum absolute atomic E-state index is 0.0756. The van der Waals surface area contributed by atoms with Crippen molar-refractivity contribution in [1.82, 2.24) is 5.32 Å². The van der Waals surface area contributed by atoms with E-state index in [0.29, 0.717) is 0 Å². The molecule has 21 heavy (non-hydrogen) atoms. The topological polar surface area (TPSA) is 65.3 Å². The molecule has 1 unspecified atom stereocenters. The SMILES string of the molecule is CC(NCC(C)(C)CCCO)c1ccc(OCC#N)cc1. The Balaban J connectivity index is 2.48. The zero-order valence-electron chi connectivity index (χ0n) is 13.2. The molecule has 116 valence electrons. The van der Waals surface area contributed by atoms with Crippen molar-refractivity contribution in [2.75, 3.05) is 19.8 Å². The van der Waals surface area contributed by atoms with Gasteiger partial charge in [0, 0.05) is 19.2 Å². The lowest BCUT2D eigenvalue weighted by atomic mass is 9.87. The summed E-state index contributed by atoms with van der Waals surface area (Å²) in [6.07, 6.45) is 1.85. The highest BCUT2D eigenvalue weighted by Crippen LogP contribution is 2.23. The molecule has 0 aliphatic heterocycles. The van der Waals surface area contributed by atoms with Gasteiger partial charge in [0.25, 0.3) is 0 Å². The number of nitrogens with one attached hydrogen (secondary N) is 1. The first-order valence-corrected chi connectivity index (χ1v) is 7.42. The monoisotopic (exact) mass is 290 g/mol. The Labute approximate surface area is 127 Å². The first kappa shape index (κ1) is 17.5. The van der Waals surface area contributed by atoms with Crippen LogP contribution in [0, 0.1) is 16.7 Å². The minimum atomic E-state index is 0.0756. The number of aliphatic hydroxyl groups excluding tert-OH is 1. The second-order valence-electron chi connectivity index (χ2n) is 6.11. The predicted molar refractivity (Wildman–Crippen MR) is 84.1 cm³/mol. The zero-order valence-corrected chi connectivity index (χ0v) is 13.2. The van der Waals surface area contributed by atoms with Crippen molar-refractivity contribution in [2.45, 2.75) is 39.7 Å². The molecule has 0 spiro atoms. The van der Waals surface area contributed by atoms with E-state index in [1.54, 1.807) is 0 Å². The fourth-order valence-corrected chi connectivity index (χ4v) is 2.16. The maximum absolute atomic E-state index is 8.92. The summed E-state index contributed by atoms with van der Waals surface area (Å²) in [7, 11) is 0. The fourth-order valence-electron chi connectivity index (χ4n) is 2.16. The van der Waals surface area contributed by atoms with E-state index < -0.39 is 0 Å². The molecule has 1 aromatic rings. The minimum Gasteiger partial charge on any atom is -0.479 e. The van der Waals surface area contributed by atoms with Gasteiger partial charge in [0.1, 0.15) is 11.8 Å². The third kappa shape index (κ3) is 6.61. The summed E-state index contributed by atoms with van der Waals surface area (Å²) in [5.74, 6) is 0.718. The van der Waals surface area contributed by atoms with Crippen LogP contribution in [0.3, 0.4) is 0 Å². The quantitative estimate of drug-likeness (QED) is 0.733. The number of nitriles is 1. The highest BCUT2D eigenvalue weighted by Gasteiger charge is 2.18. The Kier molecular flexibility index (Phi) is 7.21. The van der Waals surface area contributed by atoms with Crippen LogP contribution in [0.25, 0.3) is 0 Å². The molecule has 0 saturated heterocycles. The van der Waals surface area contributed by atoms with Gasteiger partial charge in [0.15, 0.2) is 6.61 Å². The second kappa shape index (κ2) is 8.66. The third-order valence-corrected chi connectivity index (χ3v) is 3.58. The van der Waals surface area contributed by atoms with E-state index in [-0.39, 0.29) is 24.7 Å². The van der Waals surface area contributed by atoms with E-state index in [1.165, 1.54) is 5.56 Å². The van der Waals surface area contributed by atoms with E-state index in [4.69, 9.17) is 15.1 Å². The number of benzene rings is 1. The molecule has 0 aliphatic rings. The van der Waals surface area contributed by atoms with Crippen molar-refractivity contribution in [3.8, 4) is 11.8 Å². The van der Waals surface area contributed by atoms with Crippen LogP contribution in [0.5, 0.6) is 5.75 Å². The number of ether oxygens (including phenoxy) is 1. The standard InChI is InChI=1S/C17H26N2O2/c1-14(19-13-17(2,3)9-4-11-20)15-5-7-16(8-6-15)21-12-10-18/h5-8,14,19-20H,4,9,11-13H2,1-3H3. The first-order valence-electron chi connectivity index (χ1n) is 7.42. The fraction of sp³-hybridized carbons (Fsp3) is 0.588. The molecule has 0 radical (unpaired) electrons. The molecule has 0 bridgehead atoms. The van der Waals surface area contributed by atoms with E-state index >= 15 is 0 Å². The lowest BCUT2D eigenvalue weighted by molar-refractivity contribution is 0.233. The van der Waals surface area contributed by atoms with Crippen molar-refractivity contribution in [1.29, 1.82) is 5.26 Å². The van der Waals surface area contributed by atoms with Gasteiger partial charge >= 0.3 is 0 Å². The maximum Gasteiger partial charge on any atom is 0.174 e. The number of aliphatic hydroxyl groups is 1. The van der Waals surface area contributed by atoms with Crippen molar-refractivity contribution in [2.24, 2.45) is 5.41 Å². The zero-order chi connectivity index (χ0) is 15.7. The normalized spacial score (nSPS) is 12.7. The van der Waals surface area contributed by atoms with Gasteiger partial charge in [0.2, 0.25) is 0 Å². The van der Waals surface area contributed by atoms with Crippen molar-refractivity contribution >= 4 is 0 Å². The van der Waals surface area contributed by atoms with Gasteiger partial charge in [-0.3, -0.25) is 0 Å². The lowest BCUT2D eigenvalue weighted by Gasteiger charge is -2.27. The van der Waals surface area contributed by atoms with Crippen molar-refractivity contribution < 1.29 is 9.84 Å². The van der Waals surface area contributed by atoms with Gasteiger partial charge in [0.05, 0.1) is 0 Å². The summed E-state index contributed by atoms with van der Waals surface area (Å²) in [6.45, 7) is 7.78. The van der Waals surface area contributed by atoms with Gasteiger partial charge in [-0.1, -0.05) is 26.0 Å². The molecule has 0 aromatic heterocycles. The van der Waals surface area contributed by atoms with Crippen LogP contribution in [0.15, 0.2) is 24.3 Å². The Hall–Kier alpha value is -1.57. The average Bonchev–Trinajstić information content (AvgIpc) is 2.49. The van der Waals surface area contributed by atoms with Gasteiger partial charge in [-0.2, -0.15) is 5.26 Å². The van der Waals surface area contributed by atoms with Crippen LogP contribution in [0.4, 0.5) is 0 Å². The summed E-state index contributed by atoms with van der Waals surface area (Å²) in [5, 5.41) is 20.9. The second-order valence-corrected chi connectivity index (χ2v) is 6.11. The summed E-state index contributed by atoms with van der Waals surface area (Å²) in [6, 6.07) is 10.0. The van der Waals surface area contributed by atoms with Gasteiger partial charge < -0.3 is 15.2 Å². The average molecular weight is 290 g/mol. The number of nitrogens with zero attached hydrogens (tertiary/aromatic N) is 1. The first-order chi connectivity index (χ1) is 9.98. The lowest BCUT2D eigenvalue weighted by Crippen LogP contribution is -2.31. The molecule has 1 atom stereocenters. The molecule has 0 aliphatic carbocycles. The number of hydrogen-bond donors (Lipinski definition) is 2. The largest absolute Gasteiger partial charge is 0.479 e. The van der Waals surface area contributed by atoms with Gasteiger partial charge in [-0.25, -0.2) is 0 Å². The van der Waals surface area contributed by atoms with E-state index in [9.17, 15) is 0 Å². The Morgan fingerprint density at radius 3 is 2.57 bits per heavy atom. The van der Waals surface area contributed by atoms with Gasteiger partial charge in [-0.05, 0) is 42.9 Å². The molecule has 4 nitrogen and oxygen atoms in total. The summed E-state index contributed by atoms with van der Waals surface area (Å²) in [4.78, 5) is 0. The summed E-state index contributed by atoms with van der Waals surface area (Å²) in [5.41, 5.74) is 1.37. The van der Waals surface area contributed by atoms with Crippen molar-refractivity contribution in [3.63, 3.8) is 0 Å². The van der Waals surface area contributed by atoms with Gasteiger partial charge in [-0.15, -0.1) is 0 Å². The molecule has 2 N–H and O–H groups in total. The van der Waals surface area contributed by atoms with Crippen LogP contribution >= 0.6 is 0 Å². The smallest absolute Gasteiger partial charge is 0.174 e. The van der Waals surface area contributed by atoms with Crippen LogP contribution < -0.4 is 10.1 Å². The molecule has 1 rings (SSSR count). The molecule has 4 heteroatoms. The highest BCUT2D eigenvalue weighted by atomic mass is 16.5. The molecule has 0 fully saturated rings. The highest BCUT2D eigenvalue weighted by molar-refractivity contribution is 5.29. The number of rotatable bonds is 9. The van der Waals surface area contributed by atoms with Crippen molar-refractivity contribution in [3.05, 3.63) is 29.8 Å². The number of hydrogen-bond acceptors (Lipinski definition) is 4. The van der Waals surface area contributed by atoms with E-state index in [2.05, 4.69) is 26.1 Å². The van der Waals surface area contributed by atoms with E-state index in [0.717, 1.165) is 25.1 Å². The Bertz CT molecular complexity index is 449. The molecular weight excluding hydrogens is 264 g/mol. The summed E-state index contributed by atoms with van der Waals surface area (Å²) >= 11 is 0. The summed E-state index contributed by atoms with van der Waals surface area (Å²) < 4.78 is 5.24. The Morgan fingerprint density at radius 1 is 1.33 bits per heavy atom. The van der Waals surface area contributed by atoms with Crippen LogP contribution in [-0.4, -0.2) is 24.9 Å². The maximum atomic E-state index is 8.92. The predicted octanol–water partition coefficient (Wildman–Crippen LogP) is 3.04. The van der Waals surface area contributed by atoms with E-state index in [1.807, 2.05) is 30.3 Å².